The summed E-state index contributed by atoms with van der Waals surface area (Å²) in [5.41, 5.74) is 3.33. The molecule has 98 valence electrons. The molecule has 1 heterocycles. The molecular formula is C15H15NO2S. The van der Waals surface area contributed by atoms with E-state index in [1.807, 2.05) is 26.0 Å². The molecule has 1 aromatic carbocycles. The number of thiazole rings is 1. The zero-order chi connectivity index (χ0) is 13.6. The van der Waals surface area contributed by atoms with Crippen LogP contribution in [-0.4, -0.2) is 15.9 Å². The Morgan fingerprint density at radius 3 is 2.53 bits per heavy atom. The topological polar surface area (TPSA) is 50.2 Å². The van der Waals surface area contributed by atoms with E-state index < -0.39 is 0 Å². The Labute approximate surface area is 115 Å². The van der Waals surface area contributed by atoms with Crippen LogP contribution in [0.25, 0.3) is 10.6 Å². The minimum Gasteiger partial charge on any atom is -0.507 e. The number of carbonyl (C=O) groups is 1. The lowest BCUT2D eigenvalue weighted by atomic mass is 10.0. The van der Waals surface area contributed by atoms with Gasteiger partial charge >= 0.3 is 0 Å². The number of phenols is 1. The SMILES string of the molecule is Cc1cc(-c2nc3c(s2)CCCC3=O)cc(C)c1O. The van der Waals surface area contributed by atoms with Crippen LogP contribution < -0.4 is 0 Å². The third-order valence-corrected chi connectivity index (χ3v) is 4.67. The van der Waals surface area contributed by atoms with Gasteiger partial charge in [-0.25, -0.2) is 4.98 Å². The molecule has 0 fully saturated rings. The van der Waals surface area contributed by atoms with Gasteiger partial charge in [-0.15, -0.1) is 11.3 Å². The van der Waals surface area contributed by atoms with Gasteiger partial charge in [0.1, 0.15) is 16.5 Å². The molecular weight excluding hydrogens is 258 g/mol. The maximum atomic E-state index is 11.8. The van der Waals surface area contributed by atoms with Gasteiger partial charge in [0.25, 0.3) is 0 Å². The van der Waals surface area contributed by atoms with Crippen LogP contribution in [0.15, 0.2) is 12.1 Å². The molecule has 1 N–H and O–H groups in total. The number of rotatable bonds is 1. The summed E-state index contributed by atoms with van der Waals surface area (Å²) in [5.74, 6) is 0.497. The van der Waals surface area contributed by atoms with Gasteiger partial charge in [-0.3, -0.25) is 4.79 Å². The summed E-state index contributed by atoms with van der Waals surface area (Å²) >= 11 is 1.60. The third-order valence-electron chi connectivity index (χ3n) is 3.51. The fourth-order valence-corrected chi connectivity index (χ4v) is 3.58. The maximum Gasteiger partial charge on any atom is 0.182 e. The molecule has 1 aliphatic rings. The van der Waals surface area contributed by atoms with Crippen molar-refractivity contribution in [2.45, 2.75) is 33.1 Å². The number of hydrogen-bond donors (Lipinski definition) is 1. The Morgan fingerprint density at radius 1 is 1.21 bits per heavy atom. The highest BCUT2D eigenvalue weighted by atomic mass is 32.1. The number of phenolic OH excluding ortho intramolecular Hbond substituents is 1. The lowest BCUT2D eigenvalue weighted by molar-refractivity contribution is 0.0968. The second kappa shape index (κ2) is 4.46. The highest BCUT2D eigenvalue weighted by Crippen LogP contribution is 2.35. The number of Topliss-reactive ketones (excluding diaryl/α,β-unsaturated/α-hetero) is 1. The van der Waals surface area contributed by atoms with Gasteiger partial charge in [0.05, 0.1) is 0 Å². The molecule has 0 bridgehead atoms. The molecule has 4 heteroatoms. The Hall–Kier alpha value is -1.68. The molecule has 3 rings (SSSR count). The first-order valence-electron chi connectivity index (χ1n) is 6.40. The van der Waals surface area contributed by atoms with Crippen molar-refractivity contribution in [3.63, 3.8) is 0 Å². The summed E-state index contributed by atoms with van der Waals surface area (Å²) in [5, 5.41) is 10.7. The van der Waals surface area contributed by atoms with E-state index >= 15 is 0 Å². The van der Waals surface area contributed by atoms with E-state index in [1.165, 1.54) is 0 Å². The Balaban J connectivity index is 2.10. The van der Waals surface area contributed by atoms with Crippen LogP contribution in [0.1, 0.15) is 39.3 Å². The lowest BCUT2D eigenvalue weighted by Gasteiger charge is -2.06. The molecule has 0 amide bonds. The van der Waals surface area contributed by atoms with Crippen molar-refractivity contribution in [2.75, 3.05) is 0 Å². The first-order chi connectivity index (χ1) is 9.06. The van der Waals surface area contributed by atoms with E-state index in [0.717, 1.165) is 39.4 Å². The van der Waals surface area contributed by atoms with E-state index in [9.17, 15) is 9.90 Å². The number of carbonyl (C=O) groups excluding carboxylic acids is 1. The van der Waals surface area contributed by atoms with Gasteiger partial charge in [0, 0.05) is 16.9 Å². The van der Waals surface area contributed by atoms with E-state index in [0.29, 0.717) is 17.9 Å². The number of benzene rings is 1. The van der Waals surface area contributed by atoms with E-state index in [1.54, 1.807) is 11.3 Å². The van der Waals surface area contributed by atoms with Crippen molar-refractivity contribution in [3.8, 4) is 16.3 Å². The molecule has 0 unspecified atom stereocenters. The van der Waals surface area contributed by atoms with Gasteiger partial charge in [-0.2, -0.15) is 0 Å². The highest BCUT2D eigenvalue weighted by Gasteiger charge is 2.22. The normalized spacial score (nSPS) is 14.5. The summed E-state index contributed by atoms with van der Waals surface area (Å²) in [6.07, 6.45) is 2.50. The molecule has 0 radical (unpaired) electrons. The van der Waals surface area contributed by atoms with Crippen LogP contribution in [0.3, 0.4) is 0 Å². The second-order valence-electron chi connectivity index (χ2n) is 5.03. The molecule has 0 atom stereocenters. The van der Waals surface area contributed by atoms with Gasteiger partial charge in [-0.05, 0) is 49.9 Å². The van der Waals surface area contributed by atoms with E-state index in [-0.39, 0.29) is 5.78 Å². The number of fused-ring (bicyclic) bond motifs is 1. The smallest absolute Gasteiger partial charge is 0.182 e. The predicted molar refractivity (Wildman–Crippen MR) is 76.0 cm³/mol. The maximum absolute atomic E-state index is 11.8. The largest absolute Gasteiger partial charge is 0.507 e. The number of hydrogen-bond acceptors (Lipinski definition) is 4. The number of ketones is 1. The van der Waals surface area contributed by atoms with Crippen LogP contribution in [0.4, 0.5) is 0 Å². The van der Waals surface area contributed by atoms with Crippen molar-refractivity contribution in [1.82, 2.24) is 4.98 Å². The molecule has 0 aliphatic heterocycles. The first kappa shape index (κ1) is 12.4. The summed E-state index contributed by atoms with van der Waals surface area (Å²) in [7, 11) is 0. The first-order valence-corrected chi connectivity index (χ1v) is 7.21. The molecule has 1 aliphatic carbocycles. The number of aryl methyl sites for hydroxylation is 3. The molecule has 2 aromatic rings. The fourth-order valence-electron chi connectivity index (χ4n) is 2.47. The fraction of sp³-hybridized carbons (Fsp3) is 0.333. The van der Waals surface area contributed by atoms with E-state index in [4.69, 9.17) is 0 Å². The molecule has 0 spiro atoms. The molecule has 0 saturated carbocycles. The van der Waals surface area contributed by atoms with Gasteiger partial charge in [0.15, 0.2) is 5.78 Å². The monoisotopic (exact) mass is 273 g/mol. The summed E-state index contributed by atoms with van der Waals surface area (Å²) < 4.78 is 0. The van der Waals surface area contributed by atoms with Gasteiger partial charge in [-0.1, -0.05) is 0 Å². The standard InChI is InChI=1S/C15H15NO2S/c1-8-6-10(7-9(2)14(8)18)15-16-13-11(17)4-3-5-12(13)19-15/h6-7,18H,3-5H2,1-2H3. The average Bonchev–Trinajstić information content (AvgIpc) is 2.81. The minimum atomic E-state index is 0.163. The third kappa shape index (κ3) is 2.06. The highest BCUT2D eigenvalue weighted by molar-refractivity contribution is 7.15. The summed E-state index contributed by atoms with van der Waals surface area (Å²) in [4.78, 5) is 17.4. The van der Waals surface area contributed by atoms with Crippen LogP contribution in [0.2, 0.25) is 0 Å². The molecule has 0 saturated heterocycles. The molecule has 1 aromatic heterocycles. The predicted octanol–water partition coefficient (Wildman–Crippen LogP) is 3.65. The Morgan fingerprint density at radius 2 is 1.89 bits per heavy atom. The number of aromatic hydroxyl groups is 1. The lowest BCUT2D eigenvalue weighted by Crippen LogP contribution is -2.08. The van der Waals surface area contributed by atoms with Crippen molar-refractivity contribution in [3.05, 3.63) is 33.8 Å². The Kier molecular flexibility index (Phi) is 2.90. The van der Waals surface area contributed by atoms with Crippen molar-refractivity contribution >= 4 is 17.1 Å². The van der Waals surface area contributed by atoms with Crippen LogP contribution >= 0.6 is 11.3 Å². The number of aromatic nitrogens is 1. The number of nitrogens with zero attached hydrogens (tertiary/aromatic N) is 1. The quantitative estimate of drug-likeness (QED) is 0.862. The average molecular weight is 273 g/mol. The zero-order valence-electron chi connectivity index (χ0n) is 11.0. The van der Waals surface area contributed by atoms with Crippen LogP contribution in [0, 0.1) is 13.8 Å². The van der Waals surface area contributed by atoms with Crippen LogP contribution in [0.5, 0.6) is 5.75 Å². The second-order valence-corrected chi connectivity index (χ2v) is 6.11. The van der Waals surface area contributed by atoms with Crippen molar-refractivity contribution in [1.29, 1.82) is 0 Å². The van der Waals surface area contributed by atoms with E-state index in [2.05, 4.69) is 4.98 Å². The van der Waals surface area contributed by atoms with Gasteiger partial charge < -0.3 is 5.11 Å². The van der Waals surface area contributed by atoms with Crippen molar-refractivity contribution < 1.29 is 9.90 Å². The Bertz CT molecular complexity index is 650. The molecule has 3 nitrogen and oxygen atoms in total. The van der Waals surface area contributed by atoms with Gasteiger partial charge in [0.2, 0.25) is 0 Å². The van der Waals surface area contributed by atoms with Crippen molar-refractivity contribution in [2.24, 2.45) is 0 Å². The summed E-state index contributed by atoms with van der Waals surface area (Å²) in [6, 6.07) is 3.86. The zero-order valence-corrected chi connectivity index (χ0v) is 11.8. The minimum absolute atomic E-state index is 0.163. The summed E-state index contributed by atoms with van der Waals surface area (Å²) in [6.45, 7) is 3.76. The molecule has 19 heavy (non-hydrogen) atoms. The van der Waals surface area contributed by atoms with Crippen LogP contribution in [-0.2, 0) is 6.42 Å².